The van der Waals surface area contributed by atoms with Crippen LogP contribution >= 0.6 is 0 Å². The van der Waals surface area contributed by atoms with Gasteiger partial charge < -0.3 is 19.0 Å². The topological polar surface area (TPSA) is 227 Å². The molecule has 0 bridgehead atoms. The highest BCUT2D eigenvalue weighted by Gasteiger charge is 2.38. The zero-order valence-corrected chi connectivity index (χ0v) is 32.9. The molecular weight excluding hydrogens is 808 g/mol. The Balaban J connectivity index is 1.53. The van der Waals surface area contributed by atoms with Crippen LogP contribution in [0.1, 0.15) is 81.1 Å². The minimum Gasteiger partial charge on any atom is -0.460 e. The quantitative estimate of drug-likeness (QED) is 0.0726. The summed E-state index contributed by atoms with van der Waals surface area (Å²) in [7, 11) is -6.12. The van der Waals surface area contributed by atoms with Gasteiger partial charge in [0.05, 0.1) is 46.2 Å². The second-order valence-electron chi connectivity index (χ2n) is 14.8. The normalized spacial score (nSPS) is 12.4. The molecule has 314 valence electrons. The van der Waals surface area contributed by atoms with E-state index in [1.807, 2.05) is 0 Å². The van der Waals surface area contributed by atoms with Crippen molar-refractivity contribution in [2.45, 2.75) is 97.2 Å². The van der Waals surface area contributed by atoms with Gasteiger partial charge in [0.1, 0.15) is 11.2 Å². The van der Waals surface area contributed by atoms with Crippen LogP contribution in [0.5, 0.6) is 5.75 Å². The lowest BCUT2D eigenvalue weighted by Crippen LogP contribution is -2.37. The smallest absolute Gasteiger partial charge is 0.363 e. The maximum absolute atomic E-state index is 14.9. The van der Waals surface area contributed by atoms with Gasteiger partial charge in [0.2, 0.25) is 17.4 Å². The third-order valence-electron chi connectivity index (χ3n) is 8.39. The van der Waals surface area contributed by atoms with Gasteiger partial charge in [-0.15, -0.1) is 0 Å². The number of hydrogen-bond acceptors (Lipinski definition) is 15. The molecule has 0 unspecified atom stereocenters. The summed E-state index contributed by atoms with van der Waals surface area (Å²) < 4.78 is 104. The van der Waals surface area contributed by atoms with E-state index in [-0.39, 0.29) is 17.1 Å². The Morgan fingerprint density at radius 3 is 1.45 bits per heavy atom. The van der Waals surface area contributed by atoms with E-state index in [0.29, 0.717) is 18.6 Å². The van der Waals surface area contributed by atoms with Crippen LogP contribution in [0.2, 0.25) is 0 Å². The van der Waals surface area contributed by atoms with E-state index in [9.17, 15) is 64.3 Å². The van der Waals surface area contributed by atoms with Crippen molar-refractivity contribution in [3.05, 3.63) is 76.8 Å². The van der Waals surface area contributed by atoms with Crippen LogP contribution in [0.25, 0.3) is 21.5 Å². The number of carbonyl (C=O) groups excluding carboxylic acids is 4. The Labute approximate surface area is 324 Å². The summed E-state index contributed by atoms with van der Waals surface area (Å²) in [5, 5.41) is -2.87. The average Bonchev–Trinajstić information content (AvgIpc) is 3.48. The summed E-state index contributed by atoms with van der Waals surface area (Å²) in [6, 6.07) is 1.25. The average molecular weight is 845 g/mol. The van der Waals surface area contributed by atoms with Crippen LogP contribution < -0.4 is 36.1 Å². The maximum atomic E-state index is 14.9. The molecular formula is C36H36F4N2O15S. The number of carbonyl (C=O) groups is 4. The van der Waals surface area contributed by atoms with Crippen molar-refractivity contribution in [1.29, 1.82) is 0 Å². The third-order valence-corrected chi connectivity index (χ3v) is 9.59. The number of halogens is 4. The maximum Gasteiger partial charge on any atom is 0.363 e. The first-order chi connectivity index (χ1) is 26.6. The van der Waals surface area contributed by atoms with E-state index in [0.717, 1.165) is 0 Å². The highest BCUT2D eigenvalue weighted by atomic mass is 32.2. The Hall–Kier alpha value is -5.93. The standard InChI is InChI=1S/C36H36F4N2O15S/c1-15(2)33(49)53-27-23(37)25(39)28(26(40)24(27)38)58(51,52)57-42-31(47)19-13-17-18(14-20(19)32(42)48)30(46)41(29(17)45)56-22(44)10-9-21(43)54-35(5,6)11-12-36(7,8)55-34(50)16(3)4/h13-16H,9-12H2,1-8H3. The predicted octanol–water partition coefficient (Wildman–Crippen LogP) is 2.66. The summed E-state index contributed by atoms with van der Waals surface area (Å²) >= 11 is 0. The van der Waals surface area contributed by atoms with E-state index >= 15 is 0 Å². The summed E-state index contributed by atoms with van der Waals surface area (Å²) in [4.78, 5) is 104. The van der Waals surface area contributed by atoms with Gasteiger partial charge in [0.15, 0.2) is 16.5 Å². The molecule has 0 aliphatic rings. The Morgan fingerprint density at radius 2 is 1.02 bits per heavy atom. The molecule has 17 nitrogen and oxygen atoms in total. The second-order valence-corrected chi connectivity index (χ2v) is 16.3. The number of ether oxygens (including phenoxy) is 3. The Morgan fingerprint density at radius 1 is 0.621 bits per heavy atom. The molecule has 0 radical (unpaired) electrons. The molecule has 4 rings (SSSR count). The van der Waals surface area contributed by atoms with Gasteiger partial charge in [-0.25, -0.2) is 13.6 Å². The molecule has 0 spiro atoms. The first-order valence-electron chi connectivity index (χ1n) is 17.2. The third kappa shape index (κ3) is 9.11. The van der Waals surface area contributed by atoms with E-state index in [4.69, 9.17) is 14.3 Å². The van der Waals surface area contributed by atoms with Gasteiger partial charge in [0.25, 0.3) is 22.2 Å². The van der Waals surface area contributed by atoms with Gasteiger partial charge in [-0.1, -0.05) is 37.2 Å². The molecule has 2 aromatic heterocycles. The molecule has 2 heterocycles. The zero-order chi connectivity index (χ0) is 44.0. The number of benzene rings is 2. The Bertz CT molecular complexity index is 2580. The van der Waals surface area contributed by atoms with Crippen molar-refractivity contribution in [2.75, 3.05) is 0 Å². The van der Waals surface area contributed by atoms with Crippen LogP contribution in [0, 0.1) is 35.1 Å². The van der Waals surface area contributed by atoms with Gasteiger partial charge in [-0.2, -0.15) is 17.2 Å². The Kier molecular flexibility index (Phi) is 12.5. The zero-order valence-electron chi connectivity index (χ0n) is 32.1. The number of esters is 3. The van der Waals surface area contributed by atoms with E-state index in [2.05, 4.69) is 9.02 Å². The van der Waals surface area contributed by atoms with E-state index < -0.39 is 146 Å². The molecule has 58 heavy (non-hydrogen) atoms. The van der Waals surface area contributed by atoms with Crippen molar-refractivity contribution in [3.8, 4) is 5.75 Å². The summed E-state index contributed by atoms with van der Waals surface area (Å²) in [5.41, 5.74) is -8.00. The fourth-order valence-electron chi connectivity index (χ4n) is 5.14. The molecule has 22 heteroatoms. The lowest BCUT2D eigenvalue weighted by Gasteiger charge is -2.31. The van der Waals surface area contributed by atoms with E-state index in [1.165, 1.54) is 13.8 Å². The second kappa shape index (κ2) is 16.1. The lowest BCUT2D eigenvalue weighted by molar-refractivity contribution is -0.166. The van der Waals surface area contributed by atoms with Crippen molar-refractivity contribution in [3.63, 3.8) is 0 Å². The van der Waals surface area contributed by atoms with Crippen molar-refractivity contribution < 1.29 is 68.5 Å². The van der Waals surface area contributed by atoms with Crippen molar-refractivity contribution in [1.82, 2.24) is 9.46 Å². The molecule has 0 aliphatic carbocycles. The van der Waals surface area contributed by atoms with Crippen molar-refractivity contribution in [2.24, 2.45) is 11.8 Å². The summed E-state index contributed by atoms with van der Waals surface area (Å²) in [5.74, 6) is -17.4. The van der Waals surface area contributed by atoms with Crippen LogP contribution in [0.3, 0.4) is 0 Å². The van der Waals surface area contributed by atoms with Crippen LogP contribution in [-0.4, -0.2) is 53.0 Å². The SMILES string of the molecule is CC(C)C(=O)Oc1c(F)c(F)c(S(=O)(=O)On2c(=O)c3cc4c(=O)n(OC(=O)CCC(=O)OC(C)(C)CCC(C)(C)OC(=O)C(C)C)c(=O)c4cc3c2=O)c(F)c1F. The largest absolute Gasteiger partial charge is 0.460 e. The summed E-state index contributed by atoms with van der Waals surface area (Å²) in [6.45, 7) is 12.3. The molecule has 0 saturated carbocycles. The number of fused-ring (bicyclic) bond motifs is 2. The molecule has 0 N–H and O–H groups in total. The predicted molar refractivity (Wildman–Crippen MR) is 191 cm³/mol. The number of nitrogens with zero attached hydrogens (tertiary/aromatic N) is 2. The highest BCUT2D eigenvalue weighted by molar-refractivity contribution is 7.87. The highest BCUT2D eigenvalue weighted by Crippen LogP contribution is 2.33. The van der Waals surface area contributed by atoms with Gasteiger partial charge >= 0.3 is 34.0 Å². The number of hydrogen-bond donors (Lipinski definition) is 0. The van der Waals surface area contributed by atoms with Gasteiger partial charge in [0, 0.05) is 0 Å². The molecule has 0 amide bonds. The van der Waals surface area contributed by atoms with Crippen molar-refractivity contribution >= 4 is 55.5 Å². The molecule has 0 atom stereocenters. The fraction of sp³-hybridized carbons (Fsp3) is 0.444. The van der Waals surface area contributed by atoms with Gasteiger partial charge in [-0.05, 0) is 52.7 Å². The van der Waals surface area contributed by atoms with Gasteiger partial charge in [-0.3, -0.25) is 37.8 Å². The monoisotopic (exact) mass is 844 g/mol. The molecule has 4 aromatic rings. The molecule has 0 aliphatic heterocycles. The number of aromatic nitrogens is 2. The minimum atomic E-state index is -6.12. The lowest BCUT2D eigenvalue weighted by atomic mass is 9.93. The molecule has 2 aromatic carbocycles. The molecule has 0 saturated heterocycles. The first-order valence-corrected chi connectivity index (χ1v) is 18.6. The first kappa shape index (κ1) is 44.8. The number of rotatable bonds is 15. The van der Waals surface area contributed by atoms with Crippen LogP contribution in [0.4, 0.5) is 17.6 Å². The fourth-order valence-corrected chi connectivity index (χ4v) is 6.16. The van der Waals surface area contributed by atoms with Crippen LogP contribution in [0.15, 0.2) is 36.2 Å². The summed E-state index contributed by atoms with van der Waals surface area (Å²) in [6.07, 6.45) is -0.672. The molecule has 0 fully saturated rings. The minimum absolute atomic E-state index is 0.0254. The van der Waals surface area contributed by atoms with Crippen LogP contribution in [-0.2, 0) is 38.8 Å². The van der Waals surface area contributed by atoms with E-state index in [1.54, 1.807) is 41.5 Å².